The van der Waals surface area contributed by atoms with E-state index in [1.165, 1.54) is 6.08 Å². The molecule has 0 spiro atoms. The third-order valence-corrected chi connectivity index (χ3v) is 2.39. The number of amides is 1. The topological polar surface area (TPSA) is 29.5 Å². The van der Waals surface area contributed by atoms with Crippen LogP contribution in [0.4, 0.5) is 0 Å². The molecule has 1 fully saturated rings. The molecule has 0 bridgehead atoms. The lowest BCUT2D eigenvalue weighted by Gasteiger charge is -2.37. The molecule has 0 saturated carbocycles. The number of hydrogen-bond donors (Lipinski definition) is 0. The molecule has 0 unspecified atom stereocenters. The summed E-state index contributed by atoms with van der Waals surface area (Å²) in [6, 6.07) is 0.208. The number of morpholine rings is 1. The zero-order valence-electron chi connectivity index (χ0n) is 8.32. The molecule has 13 heavy (non-hydrogen) atoms. The van der Waals surface area contributed by atoms with Gasteiger partial charge in [0.05, 0.1) is 19.3 Å². The van der Waals surface area contributed by atoms with Crippen molar-refractivity contribution in [3.8, 4) is 0 Å². The van der Waals surface area contributed by atoms with Crippen molar-refractivity contribution < 1.29 is 9.53 Å². The Bertz CT molecular complexity index is 201. The summed E-state index contributed by atoms with van der Waals surface area (Å²) in [6.45, 7) is 9.68. The van der Waals surface area contributed by atoms with Gasteiger partial charge in [-0.1, -0.05) is 20.4 Å². The van der Waals surface area contributed by atoms with E-state index in [-0.39, 0.29) is 11.9 Å². The zero-order chi connectivity index (χ0) is 9.84. The van der Waals surface area contributed by atoms with Gasteiger partial charge in [0, 0.05) is 6.54 Å². The van der Waals surface area contributed by atoms with Crippen molar-refractivity contribution in [2.45, 2.75) is 19.9 Å². The molecule has 0 aromatic heterocycles. The van der Waals surface area contributed by atoms with Crippen LogP contribution in [0, 0.1) is 5.92 Å². The van der Waals surface area contributed by atoms with Gasteiger partial charge < -0.3 is 9.64 Å². The normalized spacial score (nSPS) is 23.3. The maximum absolute atomic E-state index is 11.4. The van der Waals surface area contributed by atoms with E-state index in [0.29, 0.717) is 25.7 Å². The molecule has 3 nitrogen and oxygen atoms in total. The van der Waals surface area contributed by atoms with Gasteiger partial charge >= 0.3 is 0 Å². The van der Waals surface area contributed by atoms with E-state index in [4.69, 9.17) is 4.74 Å². The second-order valence-corrected chi connectivity index (χ2v) is 3.62. The molecule has 3 heteroatoms. The monoisotopic (exact) mass is 183 g/mol. The summed E-state index contributed by atoms with van der Waals surface area (Å²) in [5.74, 6) is 0.450. The predicted molar refractivity (Wildman–Crippen MR) is 51.4 cm³/mol. The summed E-state index contributed by atoms with van der Waals surface area (Å²) in [4.78, 5) is 13.3. The van der Waals surface area contributed by atoms with Gasteiger partial charge in [0.15, 0.2) is 0 Å². The first-order chi connectivity index (χ1) is 6.16. The second-order valence-electron chi connectivity index (χ2n) is 3.62. The summed E-state index contributed by atoms with van der Waals surface area (Å²) in [7, 11) is 0. The quantitative estimate of drug-likeness (QED) is 0.599. The molecule has 1 atom stereocenters. The van der Waals surface area contributed by atoms with Crippen LogP contribution in [-0.4, -0.2) is 36.6 Å². The van der Waals surface area contributed by atoms with E-state index in [0.717, 1.165) is 0 Å². The molecule has 0 aromatic rings. The minimum Gasteiger partial charge on any atom is -0.377 e. The van der Waals surface area contributed by atoms with E-state index < -0.39 is 0 Å². The molecule has 1 aliphatic heterocycles. The highest BCUT2D eigenvalue weighted by atomic mass is 16.5. The van der Waals surface area contributed by atoms with Gasteiger partial charge in [0.1, 0.15) is 0 Å². The van der Waals surface area contributed by atoms with Crippen molar-refractivity contribution in [3.63, 3.8) is 0 Å². The Morgan fingerprint density at radius 1 is 1.69 bits per heavy atom. The summed E-state index contributed by atoms with van der Waals surface area (Å²) < 4.78 is 5.34. The highest BCUT2D eigenvalue weighted by molar-refractivity contribution is 5.87. The molecule has 1 aliphatic rings. The van der Waals surface area contributed by atoms with Crippen LogP contribution >= 0.6 is 0 Å². The van der Waals surface area contributed by atoms with Gasteiger partial charge in [-0.25, -0.2) is 0 Å². The van der Waals surface area contributed by atoms with Gasteiger partial charge in [0.2, 0.25) is 5.91 Å². The summed E-state index contributed by atoms with van der Waals surface area (Å²) in [5.41, 5.74) is 0. The average molecular weight is 183 g/mol. The number of carbonyl (C=O) groups excluding carboxylic acids is 1. The molecule has 1 amide bonds. The number of ether oxygens (including phenoxy) is 1. The number of carbonyl (C=O) groups is 1. The Kier molecular flexibility index (Phi) is 3.48. The van der Waals surface area contributed by atoms with Crippen LogP contribution in [0.3, 0.4) is 0 Å². The first-order valence-electron chi connectivity index (χ1n) is 4.67. The lowest BCUT2D eigenvalue weighted by atomic mass is 10.0. The van der Waals surface area contributed by atoms with Crippen molar-refractivity contribution in [2.24, 2.45) is 5.92 Å². The summed E-state index contributed by atoms with van der Waals surface area (Å²) in [5, 5.41) is 0. The summed E-state index contributed by atoms with van der Waals surface area (Å²) >= 11 is 0. The van der Waals surface area contributed by atoms with Crippen molar-refractivity contribution >= 4 is 5.91 Å². The average Bonchev–Trinajstić information content (AvgIpc) is 2.16. The van der Waals surface area contributed by atoms with E-state index in [1.54, 1.807) is 0 Å². The van der Waals surface area contributed by atoms with Crippen LogP contribution in [0.2, 0.25) is 0 Å². The predicted octanol–water partition coefficient (Wildman–Crippen LogP) is 1.06. The summed E-state index contributed by atoms with van der Waals surface area (Å²) in [6.07, 6.45) is 1.38. The van der Waals surface area contributed by atoms with Crippen LogP contribution in [0.5, 0.6) is 0 Å². The van der Waals surface area contributed by atoms with Gasteiger partial charge in [-0.15, -0.1) is 0 Å². The molecular weight excluding hydrogens is 166 g/mol. The van der Waals surface area contributed by atoms with Crippen molar-refractivity contribution in [1.82, 2.24) is 4.90 Å². The van der Waals surface area contributed by atoms with Crippen LogP contribution in [-0.2, 0) is 9.53 Å². The zero-order valence-corrected chi connectivity index (χ0v) is 8.32. The highest BCUT2D eigenvalue weighted by Crippen LogP contribution is 2.15. The van der Waals surface area contributed by atoms with Crippen LogP contribution in [0.15, 0.2) is 12.7 Å². The molecule has 1 saturated heterocycles. The van der Waals surface area contributed by atoms with E-state index in [2.05, 4.69) is 20.4 Å². The molecule has 1 heterocycles. The minimum atomic E-state index is 0.0157. The van der Waals surface area contributed by atoms with Crippen molar-refractivity contribution in [3.05, 3.63) is 12.7 Å². The van der Waals surface area contributed by atoms with Gasteiger partial charge in [-0.2, -0.15) is 0 Å². The molecule has 0 aromatic carbocycles. The Hall–Kier alpha value is -0.830. The van der Waals surface area contributed by atoms with Crippen LogP contribution in [0.25, 0.3) is 0 Å². The second kappa shape index (κ2) is 4.42. The van der Waals surface area contributed by atoms with E-state index >= 15 is 0 Å². The van der Waals surface area contributed by atoms with Crippen molar-refractivity contribution in [1.29, 1.82) is 0 Å². The maximum Gasteiger partial charge on any atom is 0.246 e. The lowest BCUT2D eigenvalue weighted by Crippen LogP contribution is -2.50. The largest absolute Gasteiger partial charge is 0.377 e. The molecule has 1 rings (SSSR count). The first kappa shape index (κ1) is 10.3. The third-order valence-electron chi connectivity index (χ3n) is 2.39. The Labute approximate surface area is 79.4 Å². The minimum absolute atomic E-state index is 0.0157. The van der Waals surface area contributed by atoms with Crippen LogP contribution < -0.4 is 0 Å². The van der Waals surface area contributed by atoms with Gasteiger partial charge in [-0.3, -0.25) is 4.79 Å². The molecule has 74 valence electrons. The fraction of sp³-hybridized carbons (Fsp3) is 0.700. The molecule has 0 radical (unpaired) electrons. The van der Waals surface area contributed by atoms with Crippen LogP contribution in [0.1, 0.15) is 13.8 Å². The highest BCUT2D eigenvalue weighted by Gasteiger charge is 2.27. The number of rotatable bonds is 2. The van der Waals surface area contributed by atoms with Gasteiger partial charge in [-0.05, 0) is 12.0 Å². The van der Waals surface area contributed by atoms with E-state index in [1.807, 2.05) is 4.90 Å². The fourth-order valence-corrected chi connectivity index (χ4v) is 1.57. The lowest BCUT2D eigenvalue weighted by molar-refractivity contribution is -0.136. The van der Waals surface area contributed by atoms with Crippen molar-refractivity contribution in [2.75, 3.05) is 19.8 Å². The van der Waals surface area contributed by atoms with E-state index in [9.17, 15) is 4.79 Å². The number of hydrogen-bond acceptors (Lipinski definition) is 2. The molecule has 0 aliphatic carbocycles. The Morgan fingerprint density at radius 3 is 2.92 bits per heavy atom. The third kappa shape index (κ3) is 2.31. The molecular formula is C10H17NO2. The SMILES string of the molecule is C=CC(=O)N1CCOC[C@@H]1C(C)C. The standard InChI is InChI=1S/C10H17NO2/c1-4-10(12)11-5-6-13-7-9(11)8(2)3/h4,8-9H,1,5-7H2,2-3H3/t9-/m1/s1. The smallest absolute Gasteiger partial charge is 0.246 e. The molecule has 0 N–H and O–H groups in total. The Morgan fingerprint density at radius 2 is 2.38 bits per heavy atom. The number of nitrogens with zero attached hydrogens (tertiary/aromatic N) is 1. The maximum atomic E-state index is 11.4. The Balaban J connectivity index is 2.66. The van der Waals surface area contributed by atoms with Gasteiger partial charge in [0.25, 0.3) is 0 Å². The first-order valence-corrected chi connectivity index (χ1v) is 4.67. The fourth-order valence-electron chi connectivity index (χ4n) is 1.57.